The van der Waals surface area contributed by atoms with Gasteiger partial charge in [0, 0.05) is 24.8 Å². The summed E-state index contributed by atoms with van der Waals surface area (Å²) in [5, 5.41) is 3.81. The molecule has 3 aromatic rings. The van der Waals surface area contributed by atoms with E-state index in [0.29, 0.717) is 23.7 Å². The van der Waals surface area contributed by atoms with Crippen LogP contribution in [0.5, 0.6) is 11.5 Å². The van der Waals surface area contributed by atoms with E-state index in [0.717, 1.165) is 34.7 Å². The molecule has 144 valence electrons. The zero-order chi connectivity index (χ0) is 19.1. The number of fused-ring (bicyclic) bond motifs is 2. The molecule has 1 unspecified atom stereocenters. The number of hydrogen-bond acceptors (Lipinski definition) is 6. The molecule has 2 aliphatic rings. The topological polar surface area (TPSA) is 63.7 Å². The average Bonchev–Trinajstić information content (AvgIpc) is 3.34. The molecular formula is C20H18FN3O3S. The number of nitrogens with zero attached hydrogens (tertiary/aromatic N) is 2. The average molecular weight is 399 g/mol. The van der Waals surface area contributed by atoms with Crippen molar-refractivity contribution in [2.75, 3.05) is 30.1 Å². The van der Waals surface area contributed by atoms with Gasteiger partial charge in [0.1, 0.15) is 5.82 Å². The van der Waals surface area contributed by atoms with Crippen molar-refractivity contribution in [2.45, 2.75) is 12.8 Å². The van der Waals surface area contributed by atoms with Gasteiger partial charge in [0.2, 0.25) is 12.7 Å². The van der Waals surface area contributed by atoms with Crippen LogP contribution in [0.3, 0.4) is 0 Å². The van der Waals surface area contributed by atoms with Crippen LogP contribution < -0.4 is 19.7 Å². The Bertz CT molecular complexity index is 1050. The number of anilines is 2. The van der Waals surface area contributed by atoms with Gasteiger partial charge in [0.25, 0.3) is 0 Å². The van der Waals surface area contributed by atoms with Crippen LogP contribution in [0.25, 0.3) is 10.2 Å². The van der Waals surface area contributed by atoms with Gasteiger partial charge < -0.3 is 19.7 Å². The van der Waals surface area contributed by atoms with E-state index in [2.05, 4.69) is 15.2 Å². The zero-order valence-electron chi connectivity index (χ0n) is 15.0. The van der Waals surface area contributed by atoms with Crippen molar-refractivity contribution in [3.63, 3.8) is 0 Å². The normalized spacial score (nSPS) is 18.5. The molecule has 1 aromatic heterocycles. The van der Waals surface area contributed by atoms with E-state index in [-0.39, 0.29) is 24.4 Å². The first-order chi connectivity index (χ1) is 13.7. The summed E-state index contributed by atoms with van der Waals surface area (Å²) < 4.78 is 24.9. The third kappa shape index (κ3) is 3.24. The SMILES string of the molecule is O=C(Nc1ccc2c(c1)OCO2)C1CCCN(c2nc3ccc(F)cc3s2)C1. The molecule has 0 spiro atoms. The standard InChI is InChI=1S/C20H18FN3O3S/c21-13-3-5-15-18(8-13)28-20(23-15)24-7-1-2-12(10-24)19(25)22-14-4-6-16-17(9-14)27-11-26-16/h3-6,8-9,12H,1-2,7,10-11H2,(H,22,25). The zero-order valence-corrected chi connectivity index (χ0v) is 15.8. The quantitative estimate of drug-likeness (QED) is 0.721. The summed E-state index contributed by atoms with van der Waals surface area (Å²) in [5.41, 5.74) is 1.48. The second kappa shape index (κ2) is 6.94. The molecule has 2 aliphatic heterocycles. The van der Waals surface area contributed by atoms with Gasteiger partial charge in [-0.15, -0.1) is 0 Å². The van der Waals surface area contributed by atoms with Crippen LogP contribution >= 0.6 is 11.3 Å². The van der Waals surface area contributed by atoms with E-state index in [9.17, 15) is 9.18 Å². The summed E-state index contributed by atoms with van der Waals surface area (Å²) in [7, 11) is 0. The summed E-state index contributed by atoms with van der Waals surface area (Å²) in [6, 6.07) is 10.0. The minimum atomic E-state index is -0.262. The third-order valence-electron chi connectivity index (χ3n) is 5.04. The number of nitrogens with one attached hydrogen (secondary N) is 1. The van der Waals surface area contributed by atoms with Gasteiger partial charge in [0.05, 0.1) is 16.1 Å². The van der Waals surface area contributed by atoms with Crippen LogP contribution in [0.2, 0.25) is 0 Å². The lowest BCUT2D eigenvalue weighted by atomic mass is 9.97. The first-order valence-corrected chi connectivity index (χ1v) is 9.99. The lowest BCUT2D eigenvalue weighted by molar-refractivity contribution is -0.120. The van der Waals surface area contributed by atoms with Crippen molar-refractivity contribution in [2.24, 2.45) is 5.92 Å². The molecular weight excluding hydrogens is 381 g/mol. The number of benzene rings is 2. The molecule has 5 rings (SSSR count). The van der Waals surface area contributed by atoms with Gasteiger partial charge in [-0.1, -0.05) is 11.3 Å². The number of rotatable bonds is 3. The Kier molecular flexibility index (Phi) is 4.27. The number of aromatic nitrogens is 1. The number of hydrogen-bond donors (Lipinski definition) is 1. The number of amides is 1. The largest absolute Gasteiger partial charge is 0.454 e. The highest BCUT2D eigenvalue weighted by molar-refractivity contribution is 7.22. The summed E-state index contributed by atoms with van der Waals surface area (Å²) in [6.07, 6.45) is 1.73. The maximum atomic E-state index is 13.4. The van der Waals surface area contributed by atoms with Crippen LogP contribution in [-0.2, 0) is 4.79 Å². The summed E-state index contributed by atoms with van der Waals surface area (Å²) in [4.78, 5) is 19.5. The molecule has 0 radical (unpaired) electrons. The van der Waals surface area contributed by atoms with Crippen LogP contribution in [0.4, 0.5) is 15.2 Å². The highest BCUT2D eigenvalue weighted by Gasteiger charge is 2.28. The molecule has 1 N–H and O–H groups in total. The first-order valence-electron chi connectivity index (χ1n) is 9.17. The van der Waals surface area contributed by atoms with Crippen molar-refractivity contribution in [1.29, 1.82) is 0 Å². The fourth-order valence-corrected chi connectivity index (χ4v) is 4.63. The van der Waals surface area contributed by atoms with Crippen molar-refractivity contribution in [3.05, 3.63) is 42.2 Å². The molecule has 3 heterocycles. The number of piperidine rings is 1. The Balaban J connectivity index is 1.29. The molecule has 1 amide bonds. The molecule has 28 heavy (non-hydrogen) atoms. The van der Waals surface area contributed by atoms with E-state index >= 15 is 0 Å². The maximum absolute atomic E-state index is 13.4. The van der Waals surface area contributed by atoms with Gasteiger partial charge >= 0.3 is 0 Å². The summed E-state index contributed by atoms with van der Waals surface area (Å²) >= 11 is 1.46. The van der Waals surface area contributed by atoms with Crippen LogP contribution in [-0.4, -0.2) is 30.8 Å². The number of carbonyl (C=O) groups excluding carboxylic acids is 1. The van der Waals surface area contributed by atoms with Gasteiger partial charge in [0.15, 0.2) is 16.6 Å². The lowest BCUT2D eigenvalue weighted by Crippen LogP contribution is -2.40. The van der Waals surface area contributed by atoms with Crippen molar-refractivity contribution < 1.29 is 18.7 Å². The van der Waals surface area contributed by atoms with Gasteiger partial charge in [-0.25, -0.2) is 9.37 Å². The van der Waals surface area contributed by atoms with Crippen molar-refractivity contribution >= 4 is 38.3 Å². The minimum Gasteiger partial charge on any atom is -0.454 e. The second-order valence-electron chi connectivity index (χ2n) is 6.95. The molecule has 1 fully saturated rings. The van der Waals surface area contributed by atoms with Crippen LogP contribution in [0.15, 0.2) is 36.4 Å². The Morgan fingerprint density at radius 3 is 3.04 bits per heavy atom. The van der Waals surface area contributed by atoms with E-state index in [1.54, 1.807) is 18.2 Å². The Labute approximate surface area is 164 Å². The monoisotopic (exact) mass is 399 g/mol. The van der Waals surface area contributed by atoms with Crippen molar-refractivity contribution in [3.8, 4) is 11.5 Å². The Hall–Kier alpha value is -2.87. The molecule has 1 atom stereocenters. The first kappa shape index (κ1) is 17.2. The molecule has 0 aliphatic carbocycles. The smallest absolute Gasteiger partial charge is 0.231 e. The third-order valence-corrected chi connectivity index (χ3v) is 6.12. The number of ether oxygens (including phenoxy) is 2. The maximum Gasteiger partial charge on any atom is 0.231 e. The summed E-state index contributed by atoms with van der Waals surface area (Å²) in [6.45, 7) is 1.64. The van der Waals surface area contributed by atoms with E-state index in [4.69, 9.17) is 9.47 Å². The molecule has 0 saturated carbocycles. The predicted molar refractivity (Wildman–Crippen MR) is 106 cm³/mol. The molecule has 1 saturated heterocycles. The van der Waals surface area contributed by atoms with E-state index < -0.39 is 0 Å². The number of carbonyl (C=O) groups is 1. The molecule has 8 heteroatoms. The second-order valence-corrected chi connectivity index (χ2v) is 7.96. The Morgan fingerprint density at radius 1 is 1.21 bits per heavy atom. The highest BCUT2D eigenvalue weighted by Crippen LogP contribution is 2.35. The van der Waals surface area contributed by atoms with Gasteiger partial charge in [-0.3, -0.25) is 4.79 Å². The lowest BCUT2D eigenvalue weighted by Gasteiger charge is -2.31. The molecule has 0 bridgehead atoms. The fourth-order valence-electron chi connectivity index (χ4n) is 3.61. The van der Waals surface area contributed by atoms with Crippen LogP contribution in [0, 0.1) is 11.7 Å². The van der Waals surface area contributed by atoms with Crippen LogP contribution in [0.1, 0.15) is 12.8 Å². The van der Waals surface area contributed by atoms with Gasteiger partial charge in [-0.2, -0.15) is 0 Å². The highest BCUT2D eigenvalue weighted by atomic mass is 32.1. The number of halogens is 1. The minimum absolute atomic E-state index is 0.0179. The number of thiazole rings is 1. The predicted octanol–water partition coefficient (Wildman–Crippen LogP) is 4.02. The van der Waals surface area contributed by atoms with Crippen molar-refractivity contribution in [1.82, 2.24) is 4.98 Å². The van der Waals surface area contributed by atoms with E-state index in [1.165, 1.54) is 23.5 Å². The molecule has 2 aromatic carbocycles. The summed E-state index contributed by atoms with van der Waals surface area (Å²) in [5.74, 6) is 0.917. The fraction of sp³-hybridized carbons (Fsp3) is 0.300. The molecule has 6 nitrogen and oxygen atoms in total. The van der Waals surface area contributed by atoms with E-state index in [1.807, 2.05) is 6.07 Å². The Morgan fingerprint density at radius 2 is 2.11 bits per heavy atom. The van der Waals surface area contributed by atoms with Gasteiger partial charge in [-0.05, 0) is 43.2 Å².